The number of hydrogen-bond acceptors (Lipinski definition) is 3. The first-order valence-electron chi connectivity index (χ1n) is 6.07. The summed E-state index contributed by atoms with van der Waals surface area (Å²) in [6.45, 7) is -1.09. The van der Waals surface area contributed by atoms with Gasteiger partial charge < -0.3 is 17.8 Å². The summed E-state index contributed by atoms with van der Waals surface area (Å²) in [5, 5.41) is 3.79. The minimum Gasteiger partial charge on any atom is -0.445 e. The highest BCUT2D eigenvalue weighted by Gasteiger charge is 2.27. The lowest BCUT2D eigenvalue weighted by Gasteiger charge is -2.20. The zero-order valence-electron chi connectivity index (χ0n) is 10.4. The number of nitrogens with zero attached hydrogens (tertiary/aromatic N) is 3. The second-order valence-electron chi connectivity index (χ2n) is 4.64. The number of allylic oxidation sites excluding steroid dienone is 1. The minimum absolute atomic E-state index is 0.536. The maximum atomic E-state index is 12.4. The molecule has 0 unspecified atom stereocenters. The summed E-state index contributed by atoms with van der Waals surface area (Å²) in [4.78, 5) is 13.7. The smallest absolute Gasteiger partial charge is 0.445 e. The van der Waals surface area contributed by atoms with Crippen molar-refractivity contribution in [1.29, 1.82) is 0 Å². The van der Waals surface area contributed by atoms with E-state index >= 15 is 0 Å². The molecule has 8 heteroatoms. The Labute approximate surface area is 108 Å². The van der Waals surface area contributed by atoms with Gasteiger partial charge in [-0.3, -0.25) is 4.79 Å². The molecular weight excluding hydrogens is 258 g/mol. The molecule has 1 fully saturated rings. The Bertz CT molecular complexity index is 535. The monoisotopic (exact) mass is 272 g/mol. The summed E-state index contributed by atoms with van der Waals surface area (Å²) < 4.78 is 38.0. The number of aromatic nitrogens is 2. The van der Waals surface area contributed by atoms with Gasteiger partial charge in [-0.25, -0.2) is 4.68 Å². The van der Waals surface area contributed by atoms with E-state index < -0.39 is 24.6 Å². The molecule has 4 nitrogen and oxygen atoms in total. The molecule has 1 saturated heterocycles. The van der Waals surface area contributed by atoms with Crippen LogP contribution in [0.15, 0.2) is 29.1 Å². The van der Waals surface area contributed by atoms with Gasteiger partial charge in [0.25, 0.3) is 5.56 Å². The van der Waals surface area contributed by atoms with E-state index in [9.17, 15) is 17.7 Å². The van der Waals surface area contributed by atoms with E-state index in [0.717, 1.165) is 30.6 Å². The number of halogens is 3. The normalized spacial score (nSPS) is 15.8. The van der Waals surface area contributed by atoms with Crippen LogP contribution in [0.3, 0.4) is 0 Å². The molecule has 0 amide bonds. The highest BCUT2D eigenvalue weighted by molar-refractivity contribution is 6.66. The predicted octanol–water partition coefficient (Wildman–Crippen LogP) is 1.79. The molecule has 1 aliphatic rings. The SMILES string of the molecule is C=C(Cn1ncc(N2CCCC2)cc1=O)[B-](F)(F)F. The quantitative estimate of drug-likeness (QED) is 0.784. The lowest BCUT2D eigenvalue weighted by molar-refractivity contribution is 0.477. The highest BCUT2D eigenvalue weighted by atomic mass is 19.4. The van der Waals surface area contributed by atoms with Crippen molar-refractivity contribution in [2.24, 2.45) is 0 Å². The first kappa shape index (κ1) is 13.7. The Kier molecular flexibility index (Phi) is 3.68. The Morgan fingerprint density at radius 1 is 1.37 bits per heavy atom. The molecule has 104 valence electrons. The van der Waals surface area contributed by atoms with Gasteiger partial charge in [0.15, 0.2) is 0 Å². The van der Waals surface area contributed by atoms with Gasteiger partial charge in [0.05, 0.1) is 11.9 Å². The number of rotatable bonds is 4. The third-order valence-electron chi connectivity index (χ3n) is 3.14. The van der Waals surface area contributed by atoms with Gasteiger partial charge in [-0.1, -0.05) is 0 Å². The molecule has 2 heterocycles. The maximum Gasteiger partial charge on any atom is 0.506 e. The molecule has 0 radical (unpaired) electrons. The van der Waals surface area contributed by atoms with Crippen LogP contribution in [0.1, 0.15) is 12.8 Å². The van der Waals surface area contributed by atoms with Crippen molar-refractivity contribution in [3.63, 3.8) is 0 Å². The largest absolute Gasteiger partial charge is 0.506 e. The summed E-state index contributed by atoms with van der Waals surface area (Å²) in [7, 11) is 0. The van der Waals surface area contributed by atoms with Crippen LogP contribution in [-0.2, 0) is 6.54 Å². The first-order chi connectivity index (χ1) is 8.88. The van der Waals surface area contributed by atoms with Crippen LogP contribution >= 0.6 is 0 Å². The van der Waals surface area contributed by atoms with E-state index in [1.54, 1.807) is 0 Å². The molecule has 0 atom stereocenters. The molecule has 1 aromatic heterocycles. The van der Waals surface area contributed by atoms with Crippen LogP contribution in [-0.4, -0.2) is 29.8 Å². The highest BCUT2D eigenvalue weighted by Crippen LogP contribution is 2.20. The van der Waals surface area contributed by atoms with Gasteiger partial charge in [-0.15, -0.1) is 12.1 Å². The first-order valence-corrected chi connectivity index (χ1v) is 6.07. The van der Waals surface area contributed by atoms with Gasteiger partial charge in [-0.2, -0.15) is 5.10 Å². The topological polar surface area (TPSA) is 38.1 Å². The van der Waals surface area contributed by atoms with Gasteiger partial charge in [0.2, 0.25) is 0 Å². The second-order valence-corrected chi connectivity index (χ2v) is 4.64. The Morgan fingerprint density at radius 3 is 2.53 bits per heavy atom. The minimum atomic E-state index is -5.14. The average Bonchev–Trinajstić information content (AvgIpc) is 2.84. The van der Waals surface area contributed by atoms with Crippen molar-refractivity contribution in [1.82, 2.24) is 9.78 Å². The van der Waals surface area contributed by atoms with E-state index in [-0.39, 0.29) is 0 Å². The fraction of sp³-hybridized carbons (Fsp3) is 0.455. The van der Waals surface area contributed by atoms with E-state index in [0.29, 0.717) is 5.69 Å². The average molecular weight is 272 g/mol. The molecule has 0 spiro atoms. The van der Waals surface area contributed by atoms with Gasteiger partial charge in [0, 0.05) is 25.7 Å². The van der Waals surface area contributed by atoms with Crippen LogP contribution in [0.25, 0.3) is 0 Å². The van der Waals surface area contributed by atoms with Crippen molar-refractivity contribution < 1.29 is 12.9 Å². The van der Waals surface area contributed by atoms with Crippen LogP contribution < -0.4 is 10.5 Å². The molecule has 0 aromatic carbocycles. The summed E-state index contributed by atoms with van der Waals surface area (Å²) in [6.07, 6.45) is 3.54. The summed E-state index contributed by atoms with van der Waals surface area (Å²) >= 11 is 0. The van der Waals surface area contributed by atoms with Crippen molar-refractivity contribution in [3.05, 3.63) is 34.7 Å². The predicted molar refractivity (Wildman–Crippen MR) is 68.2 cm³/mol. The van der Waals surface area contributed by atoms with E-state index in [1.165, 1.54) is 12.3 Å². The molecule has 0 aliphatic carbocycles. The fourth-order valence-electron chi connectivity index (χ4n) is 1.99. The summed E-state index contributed by atoms with van der Waals surface area (Å²) in [5.74, 6) is 0. The van der Waals surface area contributed by atoms with Gasteiger partial charge >= 0.3 is 6.98 Å². The summed E-state index contributed by atoms with van der Waals surface area (Å²) in [6, 6.07) is 1.33. The number of hydrogen-bond donors (Lipinski definition) is 0. The standard InChI is InChI=1S/C11H14BF3N3O/c1-9(12(13,14)15)8-18-11(19)6-10(7-16-18)17-4-2-3-5-17/h6-7H,1-5,8H2/q-1. The zero-order chi connectivity index (χ0) is 14.0. The fourth-order valence-corrected chi connectivity index (χ4v) is 1.99. The number of anilines is 1. The van der Waals surface area contributed by atoms with E-state index in [1.807, 2.05) is 4.90 Å². The van der Waals surface area contributed by atoms with Crippen molar-refractivity contribution in [3.8, 4) is 0 Å². The Balaban J connectivity index is 2.16. The summed E-state index contributed by atoms with van der Waals surface area (Å²) in [5.41, 5.74) is -0.795. The maximum absolute atomic E-state index is 12.4. The van der Waals surface area contributed by atoms with Gasteiger partial charge in [-0.05, 0) is 12.8 Å². The van der Waals surface area contributed by atoms with Crippen LogP contribution in [0, 0.1) is 0 Å². The zero-order valence-corrected chi connectivity index (χ0v) is 10.4. The van der Waals surface area contributed by atoms with E-state index in [2.05, 4.69) is 11.7 Å². The third kappa shape index (κ3) is 3.18. The third-order valence-corrected chi connectivity index (χ3v) is 3.14. The van der Waals surface area contributed by atoms with Crippen molar-refractivity contribution in [2.75, 3.05) is 18.0 Å². The lowest BCUT2D eigenvalue weighted by Crippen LogP contribution is -2.30. The molecular formula is C11H14BF3N3O-. The van der Waals surface area contributed by atoms with Gasteiger partial charge in [0.1, 0.15) is 0 Å². The molecule has 0 saturated carbocycles. The van der Waals surface area contributed by atoms with Crippen molar-refractivity contribution >= 4 is 12.7 Å². The Morgan fingerprint density at radius 2 is 2.00 bits per heavy atom. The molecule has 0 N–H and O–H groups in total. The second kappa shape index (κ2) is 5.10. The van der Waals surface area contributed by atoms with Crippen LogP contribution in [0.4, 0.5) is 18.6 Å². The van der Waals surface area contributed by atoms with Crippen LogP contribution in [0.2, 0.25) is 0 Å². The molecule has 1 aromatic rings. The molecule has 1 aliphatic heterocycles. The van der Waals surface area contributed by atoms with Crippen LogP contribution in [0.5, 0.6) is 0 Å². The Hall–Kier alpha value is -1.73. The van der Waals surface area contributed by atoms with E-state index in [4.69, 9.17) is 0 Å². The molecule has 19 heavy (non-hydrogen) atoms. The molecule has 2 rings (SSSR count). The van der Waals surface area contributed by atoms with Crippen molar-refractivity contribution in [2.45, 2.75) is 19.4 Å². The molecule has 0 bridgehead atoms. The lowest BCUT2D eigenvalue weighted by atomic mass is 9.80.